The fourth-order valence-corrected chi connectivity index (χ4v) is 3.66. The highest BCUT2D eigenvalue weighted by molar-refractivity contribution is 7.86. The predicted molar refractivity (Wildman–Crippen MR) is 86.1 cm³/mol. The van der Waals surface area contributed by atoms with Gasteiger partial charge in [0.05, 0.1) is 13.2 Å². The monoisotopic (exact) mass is 338 g/mol. The maximum atomic E-state index is 12.5. The van der Waals surface area contributed by atoms with Crippen molar-refractivity contribution in [2.45, 2.75) is 43.9 Å². The number of ether oxygens (including phenoxy) is 1. The Labute approximate surface area is 137 Å². The molecule has 0 aliphatic heterocycles. The molecule has 0 saturated heterocycles. The summed E-state index contributed by atoms with van der Waals surface area (Å²) < 4.78 is 34.8. The smallest absolute Gasteiger partial charge is 0.338 e. The van der Waals surface area contributed by atoms with Gasteiger partial charge in [0.25, 0.3) is 0 Å². The van der Waals surface area contributed by atoms with Crippen LogP contribution in [0.25, 0.3) is 0 Å². The lowest BCUT2D eigenvalue weighted by atomic mass is 9.88. The molecule has 0 atom stereocenters. The van der Waals surface area contributed by atoms with Gasteiger partial charge in [-0.1, -0.05) is 37.0 Å². The molecule has 1 aromatic rings. The average molecular weight is 338 g/mol. The lowest BCUT2D eigenvalue weighted by molar-refractivity contribution is -0.135. The summed E-state index contributed by atoms with van der Waals surface area (Å²) in [5, 5.41) is 0. The summed E-state index contributed by atoms with van der Waals surface area (Å²) in [5.74, 6) is -0.495. The minimum Gasteiger partial charge on any atom is -0.466 e. The SMILES string of the molecule is COC(=O)/C=C(/OS(=O)(=O)c1ccc(C)cc1)C1CCCCC1. The molecule has 23 heavy (non-hydrogen) atoms. The lowest BCUT2D eigenvalue weighted by Gasteiger charge is -2.23. The molecule has 0 heterocycles. The molecule has 0 N–H and O–H groups in total. The van der Waals surface area contributed by atoms with Gasteiger partial charge >= 0.3 is 16.1 Å². The molecule has 1 aliphatic rings. The van der Waals surface area contributed by atoms with Gasteiger partial charge in [-0.2, -0.15) is 8.42 Å². The van der Waals surface area contributed by atoms with E-state index in [0.717, 1.165) is 43.7 Å². The summed E-state index contributed by atoms with van der Waals surface area (Å²) in [7, 11) is -2.70. The Balaban J connectivity index is 2.27. The van der Waals surface area contributed by atoms with Gasteiger partial charge in [-0.3, -0.25) is 0 Å². The molecule has 2 rings (SSSR count). The van der Waals surface area contributed by atoms with Crippen molar-refractivity contribution in [1.82, 2.24) is 0 Å². The second-order valence-corrected chi connectivity index (χ2v) is 7.30. The molecule has 0 radical (unpaired) electrons. The van der Waals surface area contributed by atoms with E-state index in [4.69, 9.17) is 4.18 Å². The highest BCUT2D eigenvalue weighted by atomic mass is 32.2. The van der Waals surface area contributed by atoms with E-state index in [9.17, 15) is 13.2 Å². The topological polar surface area (TPSA) is 69.7 Å². The first-order chi connectivity index (χ1) is 10.9. The zero-order chi connectivity index (χ0) is 16.9. The van der Waals surface area contributed by atoms with Crippen LogP contribution in [-0.4, -0.2) is 21.5 Å². The molecule has 1 saturated carbocycles. The molecular formula is C17H22O5S. The summed E-state index contributed by atoms with van der Waals surface area (Å²) in [6, 6.07) is 6.42. The van der Waals surface area contributed by atoms with Gasteiger partial charge in [-0.25, -0.2) is 4.79 Å². The van der Waals surface area contributed by atoms with Crippen molar-refractivity contribution >= 4 is 16.1 Å². The van der Waals surface area contributed by atoms with Crippen LogP contribution in [0.15, 0.2) is 41.0 Å². The second kappa shape index (κ2) is 7.64. The number of carbonyl (C=O) groups excluding carboxylic acids is 1. The fourth-order valence-electron chi connectivity index (χ4n) is 2.65. The van der Waals surface area contributed by atoms with Crippen LogP contribution in [0, 0.1) is 12.8 Å². The molecule has 0 unspecified atom stereocenters. The van der Waals surface area contributed by atoms with Crippen molar-refractivity contribution in [3.8, 4) is 0 Å². The van der Waals surface area contributed by atoms with Gasteiger partial charge in [0.15, 0.2) is 0 Å². The standard InChI is InChI=1S/C17H22O5S/c1-13-8-10-15(11-9-13)23(19,20)22-16(12-17(18)21-2)14-6-4-3-5-7-14/h8-12,14H,3-7H2,1-2H3/b16-12+. The zero-order valence-electron chi connectivity index (χ0n) is 13.4. The van der Waals surface area contributed by atoms with E-state index in [1.807, 2.05) is 6.92 Å². The van der Waals surface area contributed by atoms with Crippen molar-refractivity contribution in [3.05, 3.63) is 41.7 Å². The molecule has 6 heteroatoms. The maximum absolute atomic E-state index is 12.5. The van der Waals surface area contributed by atoms with Gasteiger partial charge < -0.3 is 8.92 Å². The lowest BCUT2D eigenvalue weighted by Crippen LogP contribution is -2.17. The molecule has 0 aromatic heterocycles. The van der Waals surface area contributed by atoms with E-state index in [1.54, 1.807) is 12.1 Å². The number of esters is 1. The number of carbonyl (C=O) groups is 1. The quantitative estimate of drug-likeness (QED) is 0.356. The number of aryl methyl sites for hydroxylation is 1. The molecule has 0 bridgehead atoms. The van der Waals surface area contributed by atoms with Crippen molar-refractivity contribution in [2.24, 2.45) is 5.92 Å². The third-order valence-electron chi connectivity index (χ3n) is 3.98. The maximum Gasteiger partial charge on any atom is 0.338 e. The van der Waals surface area contributed by atoms with Crippen molar-refractivity contribution in [2.75, 3.05) is 7.11 Å². The summed E-state index contributed by atoms with van der Waals surface area (Å²) in [6.07, 6.45) is 5.89. The van der Waals surface area contributed by atoms with E-state index < -0.39 is 16.1 Å². The highest BCUT2D eigenvalue weighted by Gasteiger charge is 2.26. The molecule has 1 fully saturated rings. The number of rotatable bonds is 5. The Morgan fingerprint density at radius 2 is 1.74 bits per heavy atom. The first-order valence-electron chi connectivity index (χ1n) is 7.73. The molecular weight excluding hydrogens is 316 g/mol. The van der Waals surface area contributed by atoms with Crippen LogP contribution in [0.2, 0.25) is 0 Å². The largest absolute Gasteiger partial charge is 0.466 e. The Morgan fingerprint density at radius 3 is 2.30 bits per heavy atom. The summed E-state index contributed by atoms with van der Waals surface area (Å²) in [4.78, 5) is 11.6. The molecule has 0 spiro atoms. The summed E-state index contributed by atoms with van der Waals surface area (Å²) in [6.45, 7) is 1.88. The van der Waals surface area contributed by atoms with Crippen LogP contribution in [-0.2, 0) is 23.8 Å². The molecule has 0 amide bonds. The third kappa shape index (κ3) is 4.82. The van der Waals surface area contributed by atoms with Crippen LogP contribution in [0.4, 0.5) is 0 Å². The molecule has 1 aliphatic carbocycles. The normalized spacial score (nSPS) is 16.9. The Kier molecular flexibility index (Phi) is 5.82. The Bertz CT molecular complexity index is 667. The number of hydrogen-bond donors (Lipinski definition) is 0. The first kappa shape index (κ1) is 17.5. The Morgan fingerprint density at radius 1 is 1.13 bits per heavy atom. The average Bonchev–Trinajstić information content (AvgIpc) is 2.55. The first-order valence-corrected chi connectivity index (χ1v) is 9.14. The number of benzene rings is 1. The van der Waals surface area contributed by atoms with E-state index in [1.165, 1.54) is 19.2 Å². The van der Waals surface area contributed by atoms with Crippen LogP contribution >= 0.6 is 0 Å². The van der Waals surface area contributed by atoms with Crippen LogP contribution in [0.5, 0.6) is 0 Å². The van der Waals surface area contributed by atoms with E-state index in [0.29, 0.717) is 0 Å². The Hall–Kier alpha value is -1.82. The fraction of sp³-hybridized carbons (Fsp3) is 0.471. The third-order valence-corrected chi connectivity index (χ3v) is 5.25. The molecule has 1 aromatic carbocycles. The van der Waals surface area contributed by atoms with Crippen LogP contribution in [0.1, 0.15) is 37.7 Å². The van der Waals surface area contributed by atoms with Gasteiger partial charge in [-0.15, -0.1) is 0 Å². The van der Waals surface area contributed by atoms with Crippen LogP contribution in [0.3, 0.4) is 0 Å². The van der Waals surface area contributed by atoms with Crippen molar-refractivity contribution in [3.63, 3.8) is 0 Å². The van der Waals surface area contributed by atoms with Gasteiger partial charge in [0, 0.05) is 5.92 Å². The molecule has 5 nitrogen and oxygen atoms in total. The minimum absolute atomic E-state index is 0.0666. The van der Waals surface area contributed by atoms with E-state index in [2.05, 4.69) is 4.74 Å². The van der Waals surface area contributed by atoms with Gasteiger partial charge in [0.1, 0.15) is 10.7 Å². The highest BCUT2D eigenvalue weighted by Crippen LogP contribution is 2.32. The van der Waals surface area contributed by atoms with E-state index >= 15 is 0 Å². The van der Waals surface area contributed by atoms with Gasteiger partial charge in [-0.05, 0) is 31.9 Å². The number of methoxy groups -OCH3 is 1. The minimum atomic E-state index is -3.96. The van der Waals surface area contributed by atoms with E-state index in [-0.39, 0.29) is 16.6 Å². The van der Waals surface area contributed by atoms with Crippen LogP contribution < -0.4 is 0 Å². The number of allylic oxidation sites excluding steroid dienone is 1. The van der Waals surface area contributed by atoms with Crippen molar-refractivity contribution in [1.29, 1.82) is 0 Å². The second-order valence-electron chi connectivity index (χ2n) is 5.76. The van der Waals surface area contributed by atoms with Crippen molar-refractivity contribution < 1.29 is 22.1 Å². The summed E-state index contributed by atoms with van der Waals surface area (Å²) >= 11 is 0. The van der Waals surface area contributed by atoms with Gasteiger partial charge in [0.2, 0.25) is 0 Å². The summed E-state index contributed by atoms with van der Waals surface area (Å²) in [5.41, 5.74) is 0.960. The number of hydrogen-bond acceptors (Lipinski definition) is 5. The molecule has 126 valence electrons. The zero-order valence-corrected chi connectivity index (χ0v) is 14.3. The predicted octanol–water partition coefficient (Wildman–Crippen LogP) is 3.34.